The van der Waals surface area contributed by atoms with E-state index in [0.29, 0.717) is 16.3 Å². The maximum Gasteiger partial charge on any atom is 0.262 e. The molecule has 7 nitrogen and oxygen atoms in total. The van der Waals surface area contributed by atoms with E-state index in [0.717, 1.165) is 34.7 Å². The second-order valence-corrected chi connectivity index (χ2v) is 8.39. The van der Waals surface area contributed by atoms with Crippen LogP contribution in [0.4, 0.5) is 5.13 Å². The number of nitrogens with zero attached hydrogens (tertiary/aromatic N) is 3. The van der Waals surface area contributed by atoms with Gasteiger partial charge in [-0.25, -0.2) is 0 Å². The number of nitrogens with one attached hydrogen (secondary N) is 1. The van der Waals surface area contributed by atoms with E-state index >= 15 is 0 Å². The molecule has 0 radical (unpaired) electrons. The van der Waals surface area contributed by atoms with E-state index in [4.69, 9.17) is 0 Å². The van der Waals surface area contributed by atoms with Crippen LogP contribution in [0, 0.1) is 0 Å². The number of carbonyl (C=O) groups excluding carboxylic acids is 3. The van der Waals surface area contributed by atoms with Crippen LogP contribution in [-0.2, 0) is 17.6 Å². The molecular formula is C23H22N4O3S. The molecule has 2 heterocycles. The van der Waals surface area contributed by atoms with Crippen LogP contribution in [0.15, 0.2) is 54.6 Å². The number of imide groups is 1. The number of benzene rings is 2. The average Bonchev–Trinajstić information content (AvgIpc) is 3.34. The minimum Gasteiger partial charge on any atom is -0.299 e. The van der Waals surface area contributed by atoms with Crippen LogP contribution in [0.1, 0.15) is 51.1 Å². The van der Waals surface area contributed by atoms with E-state index in [1.807, 2.05) is 30.3 Å². The van der Waals surface area contributed by atoms with E-state index < -0.39 is 23.8 Å². The predicted octanol–water partition coefficient (Wildman–Crippen LogP) is 3.73. The van der Waals surface area contributed by atoms with Gasteiger partial charge in [-0.05, 0) is 24.1 Å². The van der Waals surface area contributed by atoms with E-state index in [1.54, 1.807) is 24.3 Å². The fraction of sp³-hybridized carbons (Fsp3) is 0.261. The summed E-state index contributed by atoms with van der Waals surface area (Å²) in [6.45, 7) is 2.10. The Morgan fingerprint density at radius 1 is 1.00 bits per heavy atom. The lowest BCUT2D eigenvalue weighted by Crippen LogP contribution is -2.48. The number of unbranched alkanes of at least 4 members (excludes halogenated alkanes) is 1. The quantitative estimate of drug-likeness (QED) is 0.546. The molecule has 1 aliphatic rings. The highest BCUT2D eigenvalue weighted by molar-refractivity contribution is 7.15. The average molecular weight is 435 g/mol. The predicted molar refractivity (Wildman–Crippen MR) is 118 cm³/mol. The molecule has 0 saturated carbocycles. The Morgan fingerprint density at radius 3 is 2.29 bits per heavy atom. The lowest BCUT2D eigenvalue weighted by atomic mass is 10.0. The van der Waals surface area contributed by atoms with Crippen molar-refractivity contribution >= 4 is 34.2 Å². The van der Waals surface area contributed by atoms with Gasteiger partial charge in [0.25, 0.3) is 11.8 Å². The number of carbonyl (C=O) groups is 3. The lowest BCUT2D eigenvalue weighted by molar-refractivity contribution is -0.119. The van der Waals surface area contributed by atoms with Crippen LogP contribution in [-0.4, -0.2) is 38.9 Å². The van der Waals surface area contributed by atoms with Gasteiger partial charge in [-0.2, -0.15) is 0 Å². The summed E-state index contributed by atoms with van der Waals surface area (Å²) < 4.78 is 0. The highest BCUT2D eigenvalue weighted by Crippen LogP contribution is 2.27. The Morgan fingerprint density at radius 2 is 1.65 bits per heavy atom. The van der Waals surface area contributed by atoms with Crippen molar-refractivity contribution in [1.29, 1.82) is 0 Å². The third-order valence-corrected chi connectivity index (χ3v) is 6.05. The second-order valence-electron chi connectivity index (χ2n) is 7.33. The van der Waals surface area contributed by atoms with Gasteiger partial charge in [0.1, 0.15) is 11.0 Å². The van der Waals surface area contributed by atoms with Crippen LogP contribution < -0.4 is 5.32 Å². The van der Waals surface area contributed by atoms with Crippen molar-refractivity contribution in [3.8, 4) is 0 Å². The summed E-state index contributed by atoms with van der Waals surface area (Å²) in [5.74, 6) is -1.38. The maximum atomic E-state index is 13.3. The van der Waals surface area contributed by atoms with Crippen molar-refractivity contribution in [2.24, 2.45) is 0 Å². The molecule has 0 saturated heterocycles. The Kier molecular flexibility index (Phi) is 6.18. The first kappa shape index (κ1) is 20.9. The number of amides is 3. The summed E-state index contributed by atoms with van der Waals surface area (Å²) in [5.41, 5.74) is 1.48. The van der Waals surface area contributed by atoms with Crippen molar-refractivity contribution in [1.82, 2.24) is 15.1 Å². The first-order chi connectivity index (χ1) is 15.1. The van der Waals surface area contributed by atoms with Gasteiger partial charge in [-0.3, -0.25) is 24.6 Å². The molecule has 1 aromatic heterocycles. The smallest absolute Gasteiger partial charge is 0.262 e. The molecule has 3 aromatic rings. The SMILES string of the molecule is CCCCc1nnc(NC(=O)C(Cc2ccccc2)N2C(=O)c3ccccc3C2=O)s1. The summed E-state index contributed by atoms with van der Waals surface area (Å²) in [6, 6.07) is 15.0. The van der Waals surface area contributed by atoms with Crippen molar-refractivity contribution in [2.45, 2.75) is 38.6 Å². The molecule has 3 amide bonds. The van der Waals surface area contributed by atoms with Crippen molar-refractivity contribution in [3.05, 3.63) is 76.3 Å². The number of hydrogen-bond acceptors (Lipinski definition) is 6. The molecule has 0 fully saturated rings. The molecule has 8 heteroatoms. The fourth-order valence-corrected chi connectivity index (χ4v) is 4.34. The molecule has 0 aliphatic carbocycles. The Hall–Kier alpha value is -3.39. The number of aromatic nitrogens is 2. The van der Waals surface area contributed by atoms with Gasteiger partial charge in [0.15, 0.2) is 0 Å². The molecule has 1 N–H and O–H groups in total. The number of hydrogen-bond donors (Lipinski definition) is 1. The molecule has 2 aromatic carbocycles. The molecule has 0 bridgehead atoms. The van der Waals surface area contributed by atoms with Crippen molar-refractivity contribution < 1.29 is 14.4 Å². The standard InChI is InChI=1S/C23H22N4O3S/c1-2-3-13-19-25-26-23(31-19)24-20(28)18(14-15-9-5-4-6-10-15)27-21(29)16-11-7-8-12-17(16)22(27)30/h4-12,18H,2-3,13-14H2,1H3,(H,24,26,28). The zero-order valence-corrected chi connectivity index (χ0v) is 17.9. The molecule has 1 aliphatic heterocycles. The molecule has 1 unspecified atom stereocenters. The van der Waals surface area contributed by atoms with Gasteiger partial charge in [0.05, 0.1) is 11.1 Å². The number of rotatable bonds is 8. The Balaban J connectivity index is 1.60. The third-order valence-electron chi connectivity index (χ3n) is 5.15. The van der Waals surface area contributed by atoms with Gasteiger partial charge in [-0.15, -0.1) is 10.2 Å². The zero-order valence-electron chi connectivity index (χ0n) is 17.1. The molecule has 158 valence electrons. The topological polar surface area (TPSA) is 92.3 Å². The van der Waals surface area contributed by atoms with E-state index in [2.05, 4.69) is 22.4 Å². The minimum absolute atomic E-state index is 0.208. The number of aryl methyl sites for hydroxylation is 1. The Bertz CT molecular complexity index is 1080. The van der Waals surface area contributed by atoms with Gasteiger partial charge < -0.3 is 0 Å². The summed E-state index contributed by atoms with van der Waals surface area (Å²) in [5, 5.41) is 12.1. The number of fused-ring (bicyclic) bond motifs is 1. The van der Waals surface area contributed by atoms with E-state index in [-0.39, 0.29) is 6.42 Å². The summed E-state index contributed by atoms with van der Waals surface area (Å²) in [4.78, 5) is 40.3. The van der Waals surface area contributed by atoms with Gasteiger partial charge in [0, 0.05) is 12.8 Å². The monoisotopic (exact) mass is 434 g/mol. The van der Waals surface area contributed by atoms with Crippen LogP contribution in [0.3, 0.4) is 0 Å². The largest absolute Gasteiger partial charge is 0.299 e. The first-order valence-electron chi connectivity index (χ1n) is 10.2. The van der Waals surface area contributed by atoms with Crippen LogP contribution in [0.5, 0.6) is 0 Å². The van der Waals surface area contributed by atoms with Gasteiger partial charge in [0.2, 0.25) is 11.0 Å². The van der Waals surface area contributed by atoms with Crippen LogP contribution >= 0.6 is 11.3 Å². The summed E-state index contributed by atoms with van der Waals surface area (Å²) in [6.07, 6.45) is 3.05. The highest BCUT2D eigenvalue weighted by atomic mass is 32.1. The summed E-state index contributed by atoms with van der Waals surface area (Å²) in [7, 11) is 0. The fourth-order valence-electron chi connectivity index (χ4n) is 3.55. The summed E-state index contributed by atoms with van der Waals surface area (Å²) >= 11 is 1.31. The lowest BCUT2D eigenvalue weighted by Gasteiger charge is -2.25. The van der Waals surface area contributed by atoms with E-state index in [9.17, 15) is 14.4 Å². The normalized spacial score (nSPS) is 13.9. The molecule has 1 atom stereocenters. The van der Waals surface area contributed by atoms with Gasteiger partial charge in [-0.1, -0.05) is 67.1 Å². The van der Waals surface area contributed by atoms with Crippen molar-refractivity contribution in [3.63, 3.8) is 0 Å². The minimum atomic E-state index is -1.00. The van der Waals surface area contributed by atoms with Crippen LogP contribution in [0.25, 0.3) is 0 Å². The second kappa shape index (κ2) is 9.18. The molecular weight excluding hydrogens is 412 g/mol. The number of anilines is 1. The van der Waals surface area contributed by atoms with Crippen molar-refractivity contribution in [2.75, 3.05) is 5.32 Å². The molecule has 31 heavy (non-hydrogen) atoms. The van der Waals surface area contributed by atoms with Crippen LogP contribution in [0.2, 0.25) is 0 Å². The third kappa shape index (κ3) is 4.39. The molecule has 4 rings (SSSR count). The Labute approximate surface area is 184 Å². The maximum absolute atomic E-state index is 13.3. The van der Waals surface area contributed by atoms with E-state index in [1.165, 1.54) is 11.3 Å². The zero-order chi connectivity index (χ0) is 21.8. The van der Waals surface area contributed by atoms with Gasteiger partial charge >= 0.3 is 0 Å². The highest BCUT2D eigenvalue weighted by Gasteiger charge is 2.42. The molecule has 0 spiro atoms. The first-order valence-corrected chi connectivity index (χ1v) is 11.0.